The Morgan fingerprint density at radius 2 is 1.89 bits per heavy atom. The Morgan fingerprint density at radius 1 is 1.16 bits per heavy atom. The number of nitrogens with one attached hydrogen (secondary N) is 1. The number of ether oxygens (including phenoxy) is 1. The zero-order chi connectivity index (χ0) is 14.0. The third-order valence-electron chi connectivity index (χ3n) is 2.59. The van der Waals surface area contributed by atoms with Gasteiger partial charge in [0.15, 0.2) is 0 Å². The van der Waals surface area contributed by atoms with Crippen molar-refractivity contribution >= 4 is 29.0 Å². The van der Waals surface area contributed by atoms with Gasteiger partial charge >= 0.3 is 0 Å². The average Bonchev–Trinajstić information content (AvgIpc) is 2.33. The van der Waals surface area contributed by atoms with Crippen LogP contribution in [0.1, 0.15) is 11.1 Å². The maximum absolute atomic E-state index is 7.52. The molecule has 5 heteroatoms. The van der Waals surface area contributed by atoms with Gasteiger partial charge < -0.3 is 10.5 Å². The van der Waals surface area contributed by atoms with Crippen LogP contribution in [0.15, 0.2) is 36.4 Å². The van der Waals surface area contributed by atoms with Crippen molar-refractivity contribution in [1.82, 2.24) is 0 Å². The van der Waals surface area contributed by atoms with Gasteiger partial charge in [0.2, 0.25) is 0 Å². The number of halogens is 2. The predicted octanol–water partition coefficient (Wildman–Crippen LogP) is 4.38. The summed E-state index contributed by atoms with van der Waals surface area (Å²) in [6, 6.07) is 10.3. The van der Waals surface area contributed by atoms with Crippen molar-refractivity contribution in [3.63, 3.8) is 0 Å². The molecule has 2 aromatic rings. The van der Waals surface area contributed by atoms with E-state index in [1.165, 1.54) is 0 Å². The molecule has 0 atom stereocenters. The molecule has 0 saturated heterocycles. The maximum Gasteiger partial charge on any atom is 0.139 e. The maximum atomic E-state index is 7.52. The smallest absolute Gasteiger partial charge is 0.139 e. The average molecular weight is 295 g/mol. The summed E-state index contributed by atoms with van der Waals surface area (Å²) >= 11 is 11.9. The molecular formula is C14H12Cl2N2O. The lowest BCUT2D eigenvalue weighted by Crippen LogP contribution is -2.12. The van der Waals surface area contributed by atoms with Crippen molar-refractivity contribution in [3.05, 3.63) is 57.6 Å². The molecule has 0 aliphatic heterocycles. The van der Waals surface area contributed by atoms with Crippen LogP contribution in [0.4, 0.5) is 0 Å². The van der Waals surface area contributed by atoms with Gasteiger partial charge in [-0.1, -0.05) is 23.2 Å². The first-order valence-corrected chi connectivity index (χ1v) is 6.31. The second-order valence-electron chi connectivity index (χ2n) is 4.07. The molecule has 2 rings (SSSR count). The number of hydrogen-bond donors (Lipinski definition) is 2. The van der Waals surface area contributed by atoms with Gasteiger partial charge in [-0.3, -0.25) is 5.41 Å². The molecule has 0 radical (unpaired) electrons. The molecule has 0 saturated carbocycles. The lowest BCUT2D eigenvalue weighted by Gasteiger charge is -2.11. The van der Waals surface area contributed by atoms with Crippen LogP contribution in [0, 0.1) is 12.3 Å². The van der Waals surface area contributed by atoms with Crippen LogP contribution in [0.3, 0.4) is 0 Å². The second-order valence-corrected chi connectivity index (χ2v) is 4.91. The number of rotatable bonds is 3. The Morgan fingerprint density at radius 3 is 2.53 bits per heavy atom. The number of hydrogen-bond acceptors (Lipinski definition) is 2. The Kier molecular flexibility index (Phi) is 3.98. The van der Waals surface area contributed by atoms with Gasteiger partial charge in [0, 0.05) is 16.1 Å². The molecule has 0 fully saturated rings. The number of nitrogen functional groups attached to an aromatic ring is 1. The number of amidine groups is 1. The Hall–Kier alpha value is -1.71. The van der Waals surface area contributed by atoms with E-state index in [1.54, 1.807) is 30.3 Å². The summed E-state index contributed by atoms with van der Waals surface area (Å²) in [6.45, 7) is 1.89. The van der Waals surface area contributed by atoms with Crippen LogP contribution < -0.4 is 10.5 Å². The Balaban J connectivity index is 2.39. The molecule has 0 amide bonds. The minimum atomic E-state index is -0.0719. The van der Waals surface area contributed by atoms with Crippen LogP contribution in [-0.2, 0) is 0 Å². The van der Waals surface area contributed by atoms with E-state index in [9.17, 15) is 0 Å². The Labute approximate surface area is 121 Å². The largest absolute Gasteiger partial charge is 0.457 e. The van der Waals surface area contributed by atoms with Crippen molar-refractivity contribution < 1.29 is 4.74 Å². The highest BCUT2D eigenvalue weighted by Gasteiger charge is 2.09. The molecule has 0 unspecified atom stereocenters. The summed E-state index contributed by atoms with van der Waals surface area (Å²) < 4.78 is 5.72. The van der Waals surface area contributed by atoms with E-state index < -0.39 is 0 Å². The van der Waals surface area contributed by atoms with Crippen LogP contribution >= 0.6 is 23.2 Å². The number of aryl methyl sites for hydroxylation is 1. The van der Waals surface area contributed by atoms with Gasteiger partial charge in [0.1, 0.15) is 17.3 Å². The quantitative estimate of drug-likeness (QED) is 0.652. The fourth-order valence-electron chi connectivity index (χ4n) is 1.61. The minimum Gasteiger partial charge on any atom is -0.457 e. The van der Waals surface area contributed by atoms with E-state index in [2.05, 4.69) is 0 Å². The fourth-order valence-corrected chi connectivity index (χ4v) is 1.89. The van der Waals surface area contributed by atoms with Crippen LogP contribution in [0.2, 0.25) is 10.0 Å². The first kappa shape index (κ1) is 13.7. The Bertz CT molecular complexity index is 641. The van der Waals surface area contributed by atoms with Crippen molar-refractivity contribution in [2.75, 3.05) is 0 Å². The van der Waals surface area contributed by atoms with Crippen molar-refractivity contribution in [3.8, 4) is 11.5 Å². The lowest BCUT2D eigenvalue weighted by atomic mass is 10.2. The van der Waals surface area contributed by atoms with Gasteiger partial charge in [-0.05, 0) is 42.8 Å². The standard InChI is InChI=1S/C14H12Cl2N2O/c1-8-6-10(3-5-12(8)16)19-13-7-9(15)2-4-11(13)14(17)18/h2-7H,1H3,(H3,17,18). The molecule has 0 aliphatic carbocycles. The third-order valence-corrected chi connectivity index (χ3v) is 3.25. The highest BCUT2D eigenvalue weighted by atomic mass is 35.5. The number of benzene rings is 2. The van der Waals surface area contributed by atoms with Gasteiger partial charge in [-0.25, -0.2) is 0 Å². The molecule has 0 aromatic heterocycles. The van der Waals surface area contributed by atoms with E-state index >= 15 is 0 Å². The second kappa shape index (κ2) is 5.51. The number of nitrogens with two attached hydrogens (primary N) is 1. The molecular weight excluding hydrogens is 283 g/mol. The molecule has 19 heavy (non-hydrogen) atoms. The highest BCUT2D eigenvalue weighted by Crippen LogP contribution is 2.30. The molecule has 0 bridgehead atoms. The van der Waals surface area contributed by atoms with Crippen LogP contribution in [0.5, 0.6) is 11.5 Å². The summed E-state index contributed by atoms with van der Waals surface area (Å²) in [4.78, 5) is 0. The fraction of sp³-hybridized carbons (Fsp3) is 0.0714. The zero-order valence-corrected chi connectivity index (χ0v) is 11.7. The summed E-state index contributed by atoms with van der Waals surface area (Å²) in [6.07, 6.45) is 0. The third kappa shape index (κ3) is 3.19. The summed E-state index contributed by atoms with van der Waals surface area (Å²) in [5.41, 5.74) is 6.92. The van der Waals surface area contributed by atoms with Crippen molar-refractivity contribution in [2.24, 2.45) is 5.73 Å². The highest BCUT2D eigenvalue weighted by molar-refractivity contribution is 6.31. The zero-order valence-electron chi connectivity index (χ0n) is 10.2. The van der Waals surface area contributed by atoms with Crippen molar-refractivity contribution in [1.29, 1.82) is 5.41 Å². The summed E-state index contributed by atoms with van der Waals surface area (Å²) in [5, 5.41) is 8.71. The molecule has 98 valence electrons. The molecule has 0 aliphatic rings. The van der Waals surface area contributed by atoms with E-state index in [1.807, 2.05) is 13.0 Å². The molecule has 0 spiro atoms. The summed E-state index contributed by atoms with van der Waals surface area (Å²) in [7, 11) is 0. The van der Waals surface area contributed by atoms with Gasteiger partial charge in [0.05, 0.1) is 5.56 Å². The molecule has 3 nitrogen and oxygen atoms in total. The van der Waals surface area contributed by atoms with Crippen LogP contribution in [-0.4, -0.2) is 5.84 Å². The van der Waals surface area contributed by atoms with Gasteiger partial charge in [-0.15, -0.1) is 0 Å². The normalized spacial score (nSPS) is 10.3. The van der Waals surface area contributed by atoms with E-state index in [0.717, 1.165) is 5.56 Å². The van der Waals surface area contributed by atoms with Crippen molar-refractivity contribution in [2.45, 2.75) is 6.92 Å². The molecule has 0 heterocycles. The van der Waals surface area contributed by atoms with E-state index in [0.29, 0.717) is 27.1 Å². The molecule has 3 N–H and O–H groups in total. The SMILES string of the molecule is Cc1cc(Oc2cc(Cl)ccc2C(=N)N)ccc1Cl. The predicted molar refractivity (Wildman–Crippen MR) is 78.7 cm³/mol. The molecule has 2 aromatic carbocycles. The monoisotopic (exact) mass is 294 g/mol. The first-order valence-electron chi connectivity index (χ1n) is 5.55. The van der Waals surface area contributed by atoms with Gasteiger partial charge in [-0.2, -0.15) is 0 Å². The van der Waals surface area contributed by atoms with E-state index in [-0.39, 0.29) is 5.84 Å². The minimum absolute atomic E-state index is 0.0719. The lowest BCUT2D eigenvalue weighted by molar-refractivity contribution is 0.481. The topological polar surface area (TPSA) is 59.1 Å². The van der Waals surface area contributed by atoms with Crippen LogP contribution in [0.25, 0.3) is 0 Å². The first-order chi connectivity index (χ1) is 8.97. The van der Waals surface area contributed by atoms with E-state index in [4.69, 9.17) is 39.1 Å². The van der Waals surface area contributed by atoms with Gasteiger partial charge in [0.25, 0.3) is 0 Å². The summed E-state index contributed by atoms with van der Waals surface area (Å²) in [5.74, 6) is 0.991.